The van der Waals surface area contributed by atoms with E-state index < -0.39 is 0 Å². The number of ether oxygens (including phenoxy) is 2. The first-order valence-corrected chi connectivity index (χ1v) is 10.3. The fraction of sp³-hybridized carbons (Fsp3) is 0.320. The minimum absolute atomic E-state index is 0.0517. The van der Waals surface area contributed by atoms with E-state index in [1.54, 1.807) is 26.6 Å². The average molecular weight is 405 g/mol. The first-order chi connectivity index (χ1) is 14.6. The van der Waals surface area contributed by atoms with Gasteiger partial charge in [0.25, 0.3) is 0 Å². The monoisotopic (exact) mass is 405 g/mol. The molecule has 0 aliphatic heterocycles. The molecule has 1 aliphatic rings. The number of benzene rings is 2. The molecule has 1 N–H and O–H groups in total. The quantitative estimate of drug-likeness (QED) is 0.544. The minimum atomic E-state index is -0.0517. The molecule has 1 heterocycles. The van der Waals surface area contributed by atoms with E-state index in [-0.39, 0.29) is 5.91 Å². The maximum absolute atomic E-state index is 12.5. The number of fused-ring (bicyclic) bond motifs is 1. The van der Waals surface area contributed by atoms with Gasteiger partial charge in [-0.05, 0) is 49.1 Å². The molecule has 5 heteroatoms. The number of furan rings is 1. The summed E-state index contributed by atoms with van der Waals surface area (Å²) in [5.41, 5.74) is 4.49. The maximum atomic E-state index is 12.5. The minimum Gasteiger partial charge on any atom is -0.497 e. The van der Waals surface area contributed by atoms with Crippen LogP contribution in [0.3, 0.4) is 0 Å². The first-order valence-electron chi connectivity index (χ1n) is 10.3. The number of carbonyl (C=O) groups excluding carboxylic acids is 1. The van der Waals surface area contributed by atoms with Crippen molar-refractivity contribution in [1.29, 1.82) is 0 Å². The number of amides is 1. The van der Waals surface area contributed by atoms with Gasteiger partial charge in [0.15, 0.2) is 0 Å². The molecule has 0 atom stereocenters. The number of allylic oxidation sites excluding steroid dienone is 1. The Labute approximate surface area is 176 Å². The van der Waals surface area contributed by atoms with Crippen LogP contribution in [-0.2, 0) is 4.79 Å². The van der Waals surface area contributed by atoms with Crippen LogP contribution in [0.4, 0.5) is 0 Å². The molecule has 1 aliphatic carbocycles. The Balaban J connectivity index is 1.69. The lowest BCUT2D eigenvalue weighted by Crippen LogP contribution is -2.31. The highest BCUT2D eigenvalue weighted by atomic mass is 16.5. The van der Waals surface area contributed by atoms with E-state index >= 15 is 0 Å². The normalized spacial score (nSPS) is 14.8. The van der Waals surface area contributed by atoms with Gasteiger partial charge in [0.1, 0.15) is 17.1 Å². The lowest BCUT2D eigenvalue weighted by atomic mass is 9.99. The van der Waals surface area contributed by atoms with Gasteiger partial charge in [-0.1, -0.05) is 25.0 Å². The van der Waals surface area contributed by atoms with Crippen molar-refractivity contribution in [2.45, 2.75) is 38.6 Å². The van der Waals surface area contributed by atoms with Crippen LogP contribution in [0, 0.1) is 0 Å². The Morgan fingerprint density at radius 2 is 1.83 bits per heavy atom. The fourth-order valence-electron chi connectivity index (χ4n) is 4.11. The van der Waals surface area contributed by atoms with Gasteiger partial charge in [0.2, 0.25) is 5.91 Å². The molecule has 1 aromatic heterocycles. The summed E-state index contributed by atoms with van der Waals surface area (Å²) in [6.07, 6.45) is 7.92. The Bertz CT molecular complexity index is 1070. The molecule has 0 unspecified atom stereocenters. The van der Waals surface area contributed by atoms with Crippen LogP contribution >= 0.6 is 0 Å². The predicted octanol–water partition coefficient (Wildman–Crippen LogP) is 5.58. The smallest absolute Gasteiger partial charge is 0.244 e. The molecule has 4 rings (SSSR count). The van der Waals surface area contributed by atoms with Crippen molar-refractivity contribution >= 4 is 22.4 Å². The highest BCUT2D eigenvalue weighted by molar-refractivity contribution is 6.00. The highest BCUT2D eigenvalue weighted by Gasteiger charge is 2.18. The number of hydrogen-bond donors (Lipinski definition) is 1. The van der Waals surface area contributed by atoms with E-state index in [4.69, 9.17) is 13.9 Å². The van der Waals surface area contributed by atoms with Crippen molar-refractivity contribution < 1.29 is 18.7 Å². The van der Waals surface area contributed by atoms with Crippen molar-refractivity contribution in [3.05, 3.63) is 54.3 Å². The van der Waals surface area contributed by atoms with E-state index in [1.165, 1.54) is 12.8 Å². The van der Waals surface area contributed by atoms with Gasteiger partial charge in [-0.25, -0.2) is 0 Å². The summed E-state index contributed by atoms with van der Waals surface area (Å²) in [7, 11) is 3.28. The SMILES string of the molecule is COc1ccc(-c2coc3cc(OC)c(/C(C)=C/C(=O)NC4CCCC4)cc23)cc1. The molecule has 0 saturated heterocycles. The van der Waals surface area contributed by atoms with Crippen molar-refractivity contribution in [2.24, 2.45) is 0 Å². The van der Waals surface area contributed by atoms with Gasteiger partial charge >= 0.3 is 0 Å². The summed E-state index contributed by atoms with van der Waals surface area (Å²) in [4.78, 5) is 12.5. The lowest BCUT2D eigenvalue weighted by molar-refractivity contribution is -0.117. The second-order valence-electron chi connectivity index (χ2n) is 7.74. The largest absolute Gasteiger partial charge is 0.497 e. The molecular formula is C25H27NO4. The van der Waals surface area contributed by atoms with Crippen molar-refractivity contribution in [3.63, 3.8) is 0 Å². The van der Waals surface area contributed by atoms with E-state index in [0.717, 1.165) is 51.8 Å². The molecule has 1 saturated carbocycles. The topological polar surface area (TPSA) is 60.7 Å². The third-order valence-corrected chi connectivity index (χ3v) is 5.77. The summed E-state index contributed by atoms with van der Waals surface area (Å²) in [6.45, 7) is 1.94. The van der Waals surface area contributed by atoms with Crippen LogP contribution in [0.15, 0.2) is 53.2 Å². The zero-order valence-corrected chi connectivity index (χ0v) is 17.7. The summed E-state index contributed by atoms with van der Waals surface area (Å²) in [5.74, 6) is 1.44. The van der Waals surface area contributed by atoms with Crippen LogP contribution in [0.5, 0.6) is 11.5 Å². The standard InChI is InChI=1S/C25H27NO4/c1-16(12-25(27)26-18-6-4-5-7-18)20-13-21-22(15-30-24(21)14-23(20)29-3)17-8-10-19(28-2)11-9-17/h8-15,18H,4-7H2,1-3H3,(H,26,27)/b16-12+. The third kappa shape index (κ3) is 4.06. The van der Waals surface area contributed by atoms with Gasteiger partial charge in [-0.3, -0.25) is 4.79 Å². The lowest BCUT2D eigenvalue weighted by Gasteiger charge is -2.12. The second-order valence-corrected chi connectivity index (χ2v) is 7.74. The molecular weight excluding hydrogens is 378 g/mol. The van der Waals surface area contributed by atoms with Crippen LogP contribution in [0.1, 0.15) is 38.2 Å². The van der Waals surface area contributed by atoms with E-state index in [1.807, 2.05) is 43.3 Å². The van der Waals surface area contributed by atoms with Gasteiger partial charge < -0.3 is 19.2 Å². The van der Waals surface area contributed by atoms with Crippen LogP contribution in [-0.4, -0.2) is 26.2 Å². The van der Waals surface area contributed by atoms with E-state index in [2.05, 4.69) is 5.32 Å². The van der Waals surface area contributed by atoms with Gasteiger partial charge in [-0.2, -0.15) is 0 Å². The Morgan fingerprint density at radius 3 is 2.50 bits per heavy atom. The van der Waals surface area contributed by atoms with Gasteiger partial charge in [-0.15, -0.1) is 0 Å². The van der Waals surface area contributed by atoms with Crippen LogP contribution in [0.25, 0.3) is 27.7 Å². The summed E-state index contributed by atoms with van der Waals surface area (Å²) >= 11 is 0. The van der Waals surface area contributed by atoms with Crippen LogP contribution < -0.4 is 14.8 Å². The molecule has 0 spiro atoms. The van der Waals surface area contributed by atoms with Crippen LogP contribution in [0.2, 0.25) is 0 Å². The molecule has 0 bridgehead atoms. The molecule has 3 aromatic rings. The summed E-state index contributed by atoms with van der Waals surface area (Å²) < 4.78 is 16.6. The molecule has 0 radical (unpaired) electrons. The molecule has 156 valence electrons. The second kappa shape index (κ2) is 8.66. The fourth-order valence-corrected chi connectivity index (χ4v) is 4.11. The number of rotatable bonds is 6. The first kappa shape index (κ1) is 20.1. The summed E-state index contributed by atoms with van der Waals surface area (Å²) in [5, 5.41) is 4.08. The van der Waals surface area contributed by atoms with Crippen molar-refractivity contribution in [2.75, 3.05) is 14.2 Å². The number of methoxy groups -OCH3 is 2. The Kier molecular flexibility index (Phi) is 5.79. The number of carbonyl (C=O) groups is 1. The Morgan fingerprint density at radius 1 is 1.10 bits per heavy atom. The van der Waals surface area contributed by atoms with Gasteiger partial charge in [0, 0.05) is 34.7 Å². The maximum Gasteiger partial charge on any atom is 0.244 e. The molecule has 2 aromatic carbocycles. The molecule has 30 heavy (non-hydrogen) atoms. The van der Waals surface area contributed by atoms with Crippen molar-refractivity contribution in [3.8, 4) is 22.6 Å². The number of hydrogen-bond acceptors (Lipinski definition) is 4. The molecule has 1 amide bonds. The van der Waals surface area contributed by atoms with Crippen molar-refractivity contribution in [1.82, 2.24) is 5.32 Å². The highest BCUT2D eigenvalue weighted by Crippen LogP contribution is 2.37. The van der Waals surface area contributed by atoms with E-state index in [0.29, 0.717) is 11.8 Å². The summed E-state index contributed by atoms with van der Waals surface area (Å²) in [6, 6.07) is 12.1. The molecule has 1 fully saturated rings. The average Bonchev–Trinajstić information content (AvgIpc) is 3.42. The van der Waals surface area contributed by atoms with Gasteiger partial charge in [0.05, 0.1) is 20.5 Å². The zero-order chi connectivity index (χ0) is 21.1. The number of nitrogens with one attached hydrogen (secondary N) is 1. The zero-order valence-electron chi connectivity index (χ0n) is 17.7. The third-order valence-electron chi connectivity index (χ3n) is 5.77. The molecule has 5 nitrogen and oxygen atoms in total. The predicted molar refractivity (Wildman–Crippen MR) is 119 cm³/mol. The Hall–Kier alpha value is -3.21. The van der Waals surface area contributed by atoms with E-state index in [9.17, 15) is 4.79 Å².